The summed E-state index contributed by atoms with van der Waals surface area (Å²) < 4.78 is 36.6. The van der Waals surface area contributed by atoms with E-state index in [1.165, 1.54) is 0 Å². The average Bonchev–Trinajstić information content (AvgIpc) is 2.29. The van der Waals surface area contributed by atoms with E-state index in [9.17, 15) is 18.0 Å². The summed E-state index contributed by atoms with van der Waals surface area (Å²) in [5.41, 5.74) is 0. The van der Waals surface area contributed by atoms with Crippen molar-refractivity contribution in [2.75, 3.05) is 0 Å². The number of ketones is 1. The van der Waals surface area contributed by atoms with Crippen molar-refractivity contribution in [3.05, 3.63) is 6.92 Å². The fraction of sp³-hybridized carbons (Fsp3) is 0.750. The lowest BCUT2D eigenvalue weighted by Gasteiger charge is -2.14. The Morgan fingerprint density at radius 2 is 2.15 bits per heavy atom. The third-order valence-corrected chi connectivity index (χ3v) is 3.72. The molecule has 0 N–H and O–H groups in total. The summed E-state index contributed by atoms with van der Waals surface area (Å²) in [5.74, 6) is -0.834. The summed E-state index contributed by atoms with van der Waals surface area (Å²) in [6.07, 6.45) is -4.40. The monoisotopic (exact) mass is 211 g/mol. The van der Waals surface area contributed by atoms with Crippen LogP contribution < -0.4 is 0 Å². The molecule has 0 amide bonds. The van der Waals surface area contributed by atoms with Crippen molar-refractivity contribution in [1.82, 2.24) is 0 Å². The first kappa shape index (κ1) is 10.9. The third-order valence-electron chi connectivity index (χ3n) is 1.94. The molecule has 1 aliphatic heterocycles. The van der Waals surface area contributed by atoms with Crippen LogP contribution in [0.5, 0.6) is 0 Å². The zero-order chi connectivity index (χ0) is 10.2. The molecular weight excluding hydrogens is 201 g/mol. The number of rotatable bonds is 1. The quantitative estimate of drug-likeness (QED) is 0.662. The van der Waals surface area contributed by atoms with Crippen molar-refractivity contribution in [3.8, 4) is 0 Å². The van der Waals surface area contributed by atoms with Crippen LogP contribution in [0.15, 0.2) is 0 Å². The first-order valence-corrected chi connectivity index (χ1v) is 4.84. The van der Waals surface area contributed by atoms with E-state index in [4.69, 9.17) is 0 Å². The van der Waals surface area contributed by atoms with Crippen molar-refractivity contribution < 1.29 is 18.0 Å². The smallest absolute Gasteiger partial charge is 0.298 e. The normalized spacial score (nSPS) is 30.2. The van der Waals surface area contributed by atoms with Gasteiger partial charge in [-0.1, -0.05) is 6.92 Å². The first-order chi connectivity index (χ1) is 5.82. The number of carbonyl (C=O) groups is 1. The van der Waals surface area contributed by atoms with Crippen LogP contribution in [-0.4, -0.2) is 22.5 Å². The molecule has 0 aromatic heterocycles. The molecule has 13 heavy (non-hydrogen) atoms. The van der Waals surface area contributed by atoms with Gasteiger partial charge in [0.15, 0.2) is 11.0 Å². The van der Waals surface area contributed by atoms with Gasteiger partial charge >= 0.3 is 6.18 Å². The van der Waals surface area contributed by atoms with E-state index in [2.05, 4.69) is 6.92 Å². The Kier molecular flexibility index (Phi) is 2.95. The number of carbonyl (C=O) groups excluding carboxylic acids is 1. The zero-order valence-corrected chi connectivity index (χ0v) is 7.91. The fourth-order valence-electron chi connectivity index (χ4n) is 1.20. The van der Waals surface area contributed by atoms with Crippen LogP contribution in [0.3, 0.4) is 0 Å². The lowest BCUT2D eigenvalue weighted by molar-refractivity contribution is -0.147. The van der Waals surface area contributed by atoms with E-state index in [0.29, 0.717) is 11.8 Å². The van der Waals surface area contributed by atoms with Crippen LogP contribution in [-0.2, 0) is 4.79 Å². The zero-order valence-electron chi connectivity index (χ0n) is 7.10. The second kappa shape index (κ2) is 3.52. The summed E-state index contributed by atoms with van der Waals surface area (Å²) in [5, 5.41) is -2.10. The molecule has 1 nitrogen and oxygen atoms in total. The highest BCUT2D eigenvalue weighted by molar-refractivity contribution is 8.01. The molecule has 1 heterocycles. The van der Waals surface area contributed by atoms with E-state index >= 15 is 0 Å². The predicted molar refractivity (Wildman–Crippen MR) is 45.4 cm³/mol. The van der Waals surface area contributed by atoms with Gasteiger partial charge in [0.25, 0.3) is 0 Å². The molecule has 0 aromatic carbocycles. The van der Waals surface area contributed by atoms with Gasteiger partial charge in [0, 0.05) is 11.7 Å². The molecule has 1 radical (unpaired) electrons. The highest BCUT2D eigenvalue weighted by Gasteiger charge is 2.50. The Morgan fingerprint density at radius 3 is 2.38 bits per heavy atom. The topological polar surface area (TPSA) is 17.1 Å². The largest absolute Gasteiger partial charge is 0.407 e. The molecule has 1 saturated heterocycles. The molecule has 0 bridgehead atoms. The SMILES string of the molecule is [CH2]C(C)C1CC(=O)C(C(F)(F)F)S1. The Balaban J connectivity index is 2.67. The van der Waals surface area contributed by atoms with Gasteiger partial charge in [0.05, 0.1) is 0 Å². The summed E-state index contributed by atoms with van der Waals surface area (Å²) >= 11 is 0.697. The minimum Gasteiger partial charge on any atom is -0.298 e. The number of hydrogen-bond donors (Lipinski definition) is 0. The average molecular weight is 211 g/mol. The molecule has 0 spiro atoms. The van der Waals surface area contributed by atoms with E-state index in [1.54, 1.807) is 6.92 Å². The van der Waals surface area contributed by atoms with Crippen molar-refractivity contribution in [3.63, 3.8) is 0 Å². The Bertz CT molecular complexity index is 212. The van der Waals surface area contributed by atoms with Gasteiger partial charge in [0.2, 0.25) is 0 Å². The highest BCUT2D eigenvalue weighted by atomic mass is 32.2. The summed E-state index contributed by atoms with van der Waals surface area (Å²) in [7, 11) is 0. The molecular formula is C8H10F3OS. The van der Waals surface area contributed by atoms with Crippen LogP contribution >= 0.6 is 11.8 Å². The molecule has 75 valence electrons. The molecule has 0 saturated carbocycles. The molecule has 1 rings (SSSR count). The van der Waals surface area contributed by atoms with Crippen molar-refractivity contribution in [2.45, 2.75) is 30.0 Å². The maximum Gasteiger partial charge on any atom is 0.407 e. The Labute approximate surface area is 79.1 Å². The van der Waals surface area contributed by atoms with Crippen molar-refractivity contribution in [1.29, 1.82) is 0 Å². The highest BCUT2D eigenvalue weighted by Crippen LogP contribution is 2.43. The number of hydrogen-bond acceptors (Lipinski definition) is 2. The van der Waals surface area contributed by atoms with Gasteiger partial charge in [-0.25, -0.2) is 0 Å². The van der Waals surface area contributed by atoms with Crippen LogP contribution in [0.1, 0.15) is 13.3 Å². The van der Waals surface area contributed by atoms with E-state index in [0.717, 1.165) is 0 Å². The minimum atomic E-state index is -4.40. The predicted octanol–water partition coefficient (Wildman–Crippen LogP) is 2.46. The summed E-state index contributed by atoms with van der Waals surface area (Å²) in [4.78, 5) is 11.0. The van der Waals surface area contributed by atoms with Gasteiger partial charge < -0.3 is 0 Å². The summed E-state index contributed by atoms with van der Waals surface area (Å²) in [6.45, 7) is 5.36. The van der Waals surface area contributed by atoms with E-state index < -0.39 is 17.2 Å². The maximum atomic E-state index is 12.2. The standard InChI is InChI=1S/C8H10F3OS/c1-4(2)6-3-5(12)7(13-6)8(9,10)11/h4,6-7H,1,3H2,2H3. The lowest BCUT2D eigenvalue weighted by Crippen LogP contribution is -2.29. The molecule has 1 aliphatic rings. The van der Waals surface area contributed by atoms with E-state index in [-0.39, 0.29) is 17.6 Å². The second-order valence-corrected chi connectivity index (χ2v) is 4.59. The number of alkyl halides is 3. The van der Waals surface area contributed by atoms with Crippen LogP contribution in [0.25, 0.3) is 0 Å². The van der Waals surface area contributed by atoms with Gasteiger partial charge in [-0.3, -0.25) is 4.79 Å². The molecule has 3 unspecified atom stereocenters. The number of halogens is 3. The van der Waals surface area contributed by atoms with Crippen LogP contribution in [0.4, 0.5) is 13.2 Å². The number of Topliss-reactive ketones (excluding diaryl/α,β-unsaturated/α-hetero) is 1. The molecule has 0 aliphatic carbocycles. The van der Waals surface area contributed by atoms with Crippen molar-refractivity contribution in [2.24, 2.45) is 5.92 Å². The minimum absolute atomic E-state index is 0.000486. The molecule has 3 atom stereocenters. The second-order valence-electron chi connectivity index (χ2n) is 3.24. The Hall–Kier alpha value is -0.190. The van der Waals surface area contributed by atoms with Gasteiger partial charge in [0.1, 0.15) is 0 Å². The lowest BCUT2D eigenvalue weighted by atomic mass is 10.0. The molecule has 5 heteroatoms. The van der Waals surface area contributed by atoms with Crippen LogP contribution in [0.2, 0.25) is 0 Å². The van der Waals surface area contributed by atoms with Gasteiger partial charge in [-0.15, -0.1) is 11.8 Å². The van der Waals surface area contributed by atoms with Crippen molar-refractivity contribution >= 4 is 17.5 Å². The fourth-order valence-corrected chi connectivity index (χ4v) is 2.48. The van der Waals surface area contributed by atoms with Crippen LogP contribution in [0, 0.1) is 12.8 Å². The van der Waals surface area contributed by atoms with Gasteiger partial charge in [-0.2, -0.15) is 13.2 Å². The Morgan fingerprint density at radius 1 is 1.62 bits per heavy atom. The van der Waals surface area contributed by atoms with Gasteiger partial charge in [-0.05, 0) is 12.8 Å². The number of thioether (sulfide) groups is 1. The first-order valence-electron chi connectivity index (χ1n) is 3.90. The van der Waals surface area contributed by atoms with E-state index in [1.807, 2.05) is 0 Å². The summed E-state index contributed by atoms with van der Waals surface area (Å²) in [6, 6.07) is 0. The molecule has 0 aromatic rings. The molecule has 1 fully saturated rings. The maximum absolute atomic E-state index is 12.2. The third kappa shape index (κ3) is 2.39.